The predicted molar refractivity (Wildman–Crippen MR) is 73.8 cm³/mol. The van der Waals surface area contributed by atoms with Gasteiger partial charge in [-0.25, -0.2) is 0 Å². The summed E-state index contributed by atoms with van der Waals surface area (Å²) in [6, 6.07) is 6.11. The molecule has 5 heteroatoms. The Kier molecular flexibility index (Phi) is 3.36. The van der Waals surface area contributed by atoms with Gasteiger partial charge in [0.05, 0.1) is 5.69 Å². The van der Waals surface area contributed by atoms with Crippen molar-refractivity contribution in [1.82, 2.24) is 10.5 Å². The van der Waals surface area contributed by atoms with Crippen LogP contribution in [0, 0.1) is 13.8 Å². The average molecular weight is 274 g/mol. The summed E-state index contributed by atoms with van der Waals surface area (Å²) in [5.74, 6) is 2.51. The van der Waals surface area contributed by atoms with Gasteiger partial charge in [0.15, 0.2) is 11.5 Å². The van der Waals surface area contributed by atoms with Crippen molar-refractivity contribution in [2.24, 2.45) is 0 Å². The third-order valence-corrected chi connectivity index (χ3v) is 3.60. The summed E-state index contributed by atoms with van der Waals surface area (Å²) in [5, 5.41) is 7.47. The monoisotopic (exact) mass is 274 g/mol. The first-order valence-electron chi connectivity index (χ1n) is 6.70. The topological polar surface area (TPSA) is 56.5 Å². The van der Waals surface area contributed by atoms with E-state index in [0.29, 0.717) is 13.3 Å². The molecule has 0 spiro atoms. The maximum absolute atomic E-state index is 5.51. The van der Waals surface area contributed by atoms with Crippen LogP contribution in [0.3, 0.4) is 0 Å². The highest BCUT2D eigenvalue weighted by Gasteiger charge is 2.19. The second kappa shape index (κ2) is 5.17. The summed E-state index contributed by atoms with van der Waals surface area (Å²) in [5.41, 5.74) is 3.15. The van der Waals surface area contributed by atoms with Gasteiger partial charge in [0.25, 0.3) is 0 Å². The van der Waals surface area contributed by atoms with Gasteiger partial charge >= 0.3 is 0 Å². The van der Waals surface area contributed by atoms with Crippen molar-refractivity contribution in [2.45, 2.75) is 33.4 Å². The van der Waals surface area contributed by atoms with E-state index in [9.17, 15) is 0 Å². The third kappa shape index (κ3) is 2.25. The van der Waals surface area contributed by atoms with Gasteiger partial charge in [-0.1, -0.05) is 17.3 Å². The number of hydrogen-bond donors (Lipinski definition) is 1. The second-order valence-electron chi connectivity index (χ2n) is 4.99. The van der Waals surface area contributed by atoms with Crippen molar-refractivity contribution in [1.29, 1.82) is 0 Å². The van der Waals surface area contributed by atoms with Gasteiger partial charge in [-0.05, 0) is 26.8 Å². The molecule has 20 heavy (non-hydrogen) atoms. The van der Waals surface area contributed by atoms with Gasteiger partial charge < -0.3 is 19.3 Å². The third-order valence-electron chi connectivity index (χ3n) is 3.60. The summed E-state index contributed by atoms with van der Waals surface area (Å²) in [6.45, 7) is 7.00. The second-order valence-corrected chi connectivity index (χ2v) is 4.99. The number of fused-ring (bicyclic) bond motifs is 1. The number of para-hydroxylation sites is 1. The molecule has 0 aliphatic carbocycles. The number of hydrogen-bond acceptors (Lipinski definition) is 5. The first-order chi connectivity index (χ1) is 9.66. The Morgan fingerprint density at radius 1 is 1.30 bits per heavy atom. The molecule has 0 bridgehead atoms. The fourth-order valence-electron chi connectivity index (χ4n) is 2.60. The smallest absolute Gasteiger partial charge is 0.231 e. The normalized spacial score (nSPS) is 14.6. The minimum absolute atomic E-state index is 0.166. The lowest BCUT2D eigenvalue weighted by atomic mass is 10.1. The van der Waals surface area contributed by atoms with E-state index in [2.05, 4.69) is 17.4 Å². The van der Waals surface area contributed by atoms with Crippen LogP contribution in [0.4, 0.5) is 0 Å². The molecule has 1 atom stereocenters. The van der Waals surface area contributed by atoms with Gasteiger partial charge in [0, 0.05) is 23.7 Å². The number of nitrogens with zero attached hydrogens (tertiary/aromatic N) is 1. The highest BCUT2D eigenvalue weighted by atomic mass is 16.7. The van der Waals surface area contributed by atoms with Crippen LogP contribution < -0.4 is 14.8 Å². The Morgan fingerprint density at radius 2 is 2.15 bits per heavy atom. The molecular formula is C15H18N2O3. The molecule has 106 valence electrons. The number of aromatic nitrogens is 1. The average Bonchev–Trinajstić information content (AvgIpc) is 3.03. The van der Waals surface area contributed by atoms with Crippen LogP contribution in [0.2, 0.25) is 0 Å². The first-order valence-corrected chi connectivity index (χ1v) is 6.70. The molecule has 5 nitrogen and oxygen atoms in total. The zero-order valence-electron chi connectivity index (χ0n) is 11.9. The van der Waals surface area contributed by atoms with E-state index in [1.807, 2.05) is 32.0 Å². The van der Waals surface area contributed by atoms with Gasteiger partial charge in [-0.15, -0.1) is 0 Å². The van der Waals surface area contributed by atoms with Crippen LogP contribution in [-0.2, 0) is 6.54 Å². The van der Waals surface area contributed by atoms with Crippen molar-refractivity contribution in [3.63, 3.8) is 0 Å². The molecule has 0 saturated carbocycles. The molecule has 1 unspecified atom stereocenters. The number of aryl methyl sites for hydroxylation is 2. The fraction of sp³-hybridized carbons (Fsp3) is 0.400. The molecule has 1 aromatic heterocycles. The Morgan fingerprint density at radius 3 is 2.90 bits per heavy atom. The number of nitrogens with one attached hydrogen (secondary N) is 1. The molecule has 1 aliphatic rings. The van der Waals surface area contributed by atoms with Crippen LogP contribution in [0.5, 0.6) is 11.5 Å². The Hall–Kier alpha value is -2.01. The summed E-state index contributed by atoms with van der Waals surface area (Å²) in [7, 11) is 0. The Labute approximate surface area is 117 Å². The van der Waals surface area contributed by atoms with Crippen LogP contribution in [0.25, 0.3) is 0 Å². The minimum atomic E-state index is 0.166. The van der Waals surface area contributed by atoms with Crippen LogP contribution in [0.1, 0.15) is 35.5 Å². The van der Waals surface area contributed by atoms with Gasteiger partial charge in [-0.3, -0.25) is 0 Å². The largest absolute Gasteiger partial charge is 0.454 e. The molecule has 0 amide bonds. The van der Waals surface area contributed by atoms with E-state index in [0.717, 1.165) is 34.1 Å². The van der Waals surface area contributed by atoms with Crippen LogP contribution in [0.15, 0.2) is 22.7 Å². The molecule has 0 radical (unpaired) electrons. The predicted octanol–water partition coefficient (Wildman–Crippen LogP) is 2.87. The van der Waals surface area contributed by atoms with Crippen LogP contribution in [-0.4, -0.2) is 11.9 Å². The lowest BCUT2D eigenvalue weighted by Crippen LogP contribution is -2.19. The molecule has 1 aromatic carbocycles. The standard InChI is InChI=1S/C15H18N2O3/c1-9(14-10(2)17-20-11(14)3)16-7-12-5-4-6-13-15(12)19-8-18-13/h4-6,9,16H,7-8H2,1-3H3. The number of benzene rings is 1. The Bertz CT molecular complexity index is 602. The fourth-order valence-corrected chi connectivity index (χ4v) is 2.60. The summed E-state index contributed by atoms with van der Waals surface area (Å²) >= 11 is 0. The molecule has 1 N–H and O–H groups in total. The zero-order chi connectivity index (χ0) is 14.1. The lowest BCUT2D eigenvalue weighted by molar-refractivity contribution is 0.173. The van der Waals surface area contributed by atoms with E-state index in [1.165, 1.54) is 0 Å². The maximum Gasteiger partial charge on any atom is 0.231 e. The number of rotatable bonds is 4. The van der Waals surface area contributed by atoms with Gasteiger partial charge in [0.1, 0.15) is 5.76 Å². The van der Waals surface area contributed by atoms with Crippen molar-refractivity contribution in [2.75, 3.05) is 6.79 Å². The van der Waals surface area contributed by atoms with E-state index in [1.54, 1.807) is 0 Å². The lowest BCUT2D eigenvalue weighted by Gasteiger charge is -2.14. The van der Waals surface area contributed by atoms with Crippen LogP contribution >= 0.6 is 0 Å². The van der Waals surface area contributed by atoms with Gasteiger partial charge in [-0.2, -0.15) is 0 Å². The minimum Gasteiger partial charge on any atom is -0.454 e. The maximum atomic E-state index is 5.51. The van der Waals surface area contributed by atoms with Crippen molar-refractivity contribution in [3.8, 4) is 11.5 Å². The SMILES string of the molecule is Cc1noc(C)c1C(C)NCc1cccc2c1OCO2. The first kappa shape index (κ1) is 13.0. The molecule has 0 fully saturated rings. The molecule has 0 saturated heterocycles. The summed E-state index contributed by atoms with van der Waals surface area (Å²) in [4.78, 5) is 0. The highest BCUT2D eigenvalue weighted by molar-refractivity contribution is 5.48. The quantitative estimate of drug-likeness (QED) is 0.929. The summed E-state index contributed by atoms with van der Waals surface area (Å²) < 4.78 is 16.1. The highest BCUT2D eigenvalue weighted by Crippen LogP contribution is 2.35. The van der Waals surface area contributed by atoms with E-state index >= 15 is 0 Å². The van der Waals surface area contributed by atoms with E-state index in [-0.39, 0.29) is 6.04 Å². The molecule has 2 heterocycles. The Balaban J connectivity index is 1.73. The van der Waals surface area contributed by atoms with E-state index in [4.69, 9.17) is 14.0 Å². The molecular weight excluding hydrogens is 256 g/mol. The number of ether oxygens (including phenoxy) is 2. The van der Waals surface area contributed by atoms with Gasteiger partial charge in [0.2, 0.25) is 6.79 Å². The summed E-state index contributed by atoms with van der Waals surface area (Å²) in [6.07, 6.45) is 0. The molecule has 1 aliphatic heterocycles. The van der Waals surface area contributed by atoms with Crippen molar-refractivity contribution < 1.29 is 14.0 Å². The zero-order valence-corrected chi connectivity index (χ0v) is 11.9. The van der Waals surface area contributed by atoms with E-state index < -0.39 is 0 Å². The molecule has 3 rings (SSSR count). The molecule has 2 aromatic rings. The van der Waals surface area contributed by atoms with Crippen molar-refractivity contribution in [3.05, 3.63) is 40.8 Å². The van der Waals surface area contributed by atoms with Crippen molar-refractivity contribution >= 4 is 0 Å².